The van der Waals surface area contributed by atoms with Gasteiger partial charge in [-0.05, 0) is 20.3 Å². The van der Waals surface area contributed by atoms with Gasteiger partial charge in [-0.3, -0.25) is 5.10 Å². The molecule has 2 unspecified atom stereocenters. The Kier molecular flexibility index (Phi) is 3.45. The first-order valence-electron chi connectivity index (χ1n) is 5.68. The molecule has 1 aromatic rings. The molecule has 3 N–H and O–H groups in total. The van der Waals surface area contributed by atoms with E-state index in [-0.39, 0.29) is 23.3 Å². The van der Waals surface area contributed by atoms with Crippen LogP contribution in [0.15, 0.2) is 11.2 Å². The second kappa shape index (κ2) is 4.61. The van der Waals surface area contributed by atoms with Gasteiger partial charge in [0.05, 0.1) is 24.4 Å². The van der Waals surface area contributed by atoms with Crippen molar-refractivity contribution in [1.29, 1.82) is 0 Å². The third kappa shape index (κ3) is 2.28. The fourth-order valence-electron chi connectivity index (χ4n) is 1.97. The number of sulfonamides is 1. The van der Waals surface area contributed by atoms with Gasteiger partial charge in [-0.2, -0.15) is 5.10 Å². The molecule has 1 aromatic heterocycles. The van der Waals surface area contributed by atoms with Crippen LogP contribution in [-0.2, 0) is 21.4 Å². The van der Waals surface area contributed by atoms with Gasteiger partial charge in [0.2, 0.25) is 0 Å². The summed E-state index contributed by atoms with van der Waals surface area (Å²) in [6.45, 7) is 3.78. The quantitative estimate of drug-likeness (QED) is 0.702. The number of rotatable bonds is 4. The van der Waals surface area contributed by atoms with Crippen LogP contribution in [0.2, 0.25) is 0 Å². The maximum Gasteiger partial charge on any atom is 0.258 e. The van der Waals surface area contributed by atoms with Crippen LogP contribution in [-0.4, -0.2) is 42.0 Å². The molecule has 0 spiro atoms. The molecule has 0 amide bonds. The van der Waals surface area contributed by atoms with E-state index < -0.39 is 15.6 Å². The monoisotopic (exact) mass is 275 g/mol. The Bertz CT molecular complexity index is 527. The number of hydrogen-bond acceptors (Lipinski definition) is 5. The summed E-state index contributed by atoms with van der Waals surface area (Å²) in [5, 5.41) is 15.0. The smallest absolute Gasteiger partial charge is 0.258 e. The highest BCUT2D eigenvalue weighted by molar-refractivity contribution is 7.89. The Hall–Kier alpha value is -0.960. The van der Waals surface area contributed by atoms with Crippen LogP contribution in [0.4, 0.5) is 0 Å². The van der Waals surface area contributed by atoms with E-state index in [2.05, 4.69) is 14.9 Å². The zero-order valence-corrected chi connectivity index (χ0v) is 11.1. The minimum atomic E-state index is -3.74. The Balaban J connectivity index is 2.28. The normalized spacial score (nSPS) is 28.7. The summed E-state index contributed by atoms with van der Waals surface area (Å²) in [6.07, 6.45) is 1.70. The lowest BCUT2D eigenvalue weighted by molar-refractivity contribution is 0.0957. The van der Waals surface area contributed by atoms with Crippen LogP contribution in [0.5, 0.6) is 0 Å². The Morgan fingerprint density at radius 3 is 3.00 bits per heavy atom. The van der Waals surface area contributed by atoms with Gasteiger partial charge in [-0.25, -0.2) is 13.1 Å². The molecule has 0 saturated carbocycles. The molecule has 0 aromatic carbocycles. The molecule has 7 nitrogen and oxygen atoms in total. The number of nitrogens with zero attached hydrogens (tertiary/aromatic N) is 1. The maximum atomic E-state index is 12.2. The van der Waals surface area contributed by atoms with E-state index in [1.54, 1.807) is 6.92 Å². The predicted molar refractivity (Wildman–Crippen MR) is 63.3 cm³/mol. The SMILES string of the molecule is CC1OCCC1(C)NS(=O)(=O)c1[nH]ncc1CO. The average Bonchev–Trinajstić information content (AvgIpc) is 2.86. The standard InChI is InChI=1S/C10H17N3O4S/c1-7-10(2,3-4-17-7)13-18(15,16)9-8(6-14)5-11-12-9/h5,7,13-14H,3-4,6H2,1-2H3,(H,11,12). The van der Waals surface area contributed by atoms with E-state index in [9.17, 15) is 8.42 Å². The van der Waals surface area contributed by atoms with Crippen molar-refractivity contribution in [3.8, 4) is 0 Å². The molecule has 102 valence electrons. The minimum Gasteiger partial charge on any atom is -0.392 e. The second-order valence-corrected chi connectivity index (χ2v) is 6.29. The van der Waals surface area contributed by atoms with Crippen LogP contribution in [0.3, 0.4) is 0 Å². The molecule has 0 aliphatic carbocycles. The van der Waals surface area contributed by atoms with Gasteiger partial charge in [0.1, 0.15) is 0 Å². The summed E-state index contributed by atoms with van der Waals surface area (Å²) >= 11 is 0. The number of aliphatic hydroxyl groups excluding tert-OH is 1. The summed E-state index contributed by atoms with van der Waals surface area (Å²) in [5.74, 6) is 0. The van der Waals surface area contributed by atoms with Gasteiger partial charge in [0.15, 0.2) is 5.03 Å². The highest BCUT2D eigenvalue weighted by Gasteiger charge is 2.41. The highest BCUT2D eigenvalue weighted by Crippen LogP contribution is 2.27. The third-order valence-corrected chi connectivity index (χ3v) is 5.00. The first-order valence-corrected chi connectivity index (χ1v) is 7.16. The number of hydrogen-bond donors (Lipinski definition) is 3. The van der Waals surface area contributed by atoms with Crippen LogP contribution in [0.1, 0.15) is 25.8 Å². The molecule has 2 atom stereocenters. The molecule has 1 saturated heterocycles. The maximum absolute atomic E-state index is 12.2. The summed E-state index contributed by atoms with van der Waals surface area (Å²) in [7, 11) is -3.74. The topological polar surface area (TPSA) is 104 Å². The van der Waals surface area contributed by atoms with Gasteiger partial charge >= 0.3 is 0 Å². The minimum absolute atomic E-state index is 0.0923. The van der Waals surface area contributed by atoms with E-state index in [0.717, 1.165) is 0 Å². The van der Waals surface area contributed by atoms with Gasteiger partial charge in [-0.1, -0.05) is 0 Å². The summed E-state index contributed by atoms with van der Waals surface area (Å²) in [4.78, 5) is 0. The summed E-state index contributed by atoms with van der Waals surface area (Å²) in [6, 6.07) is 0. The van der Waals surface area contributed by atoms with Crippen molar-refractivity contribution in [1.82, 2.24) is 14.9 Å². The number of aromatic nitrogens is 2. The lowest BCUT2D eigenvalue weighted by atomic mass is 9.97. The summed E-state index contributed by atoms with van der Waals surface area (Å²) < 4.78 is 32.5. The number of aliphatic hydroxyl groups is 1. The van der Waals surface area contributed by atoms with Crippen LogP contribution < -0.4 is 4.72 Å². The van der Waals surface area contributed by atoms with Crippen molar-refractivity contribution in [2.24, 2.45) is 0 Å². The van der Waals surface area contributed by atoms with Crippen molar-refractivity contribution in [2.75, 3.05) is 6.61 Å². The fourth-order valence-corrected chi connectivity index (χ4v) is 3.59. The molecule has 0 radical (unpaired) electrons. The van der Waals surface area contributed by atoms with Gasteiger partial charge in [0, 0.05) is 12.2 Å². The van der Waals surface area contributed by atoms with Gasteiger partial charge in [0.25, 0.3) is 10.0 Å². The highest BCUT2D eigenvalue weighted by atomic mass is 32.2. The van der Waals surface area contributed by atoms with Crippen LogP contribution in [0, 0.1) is 0 Å². The molecule has 2 rings (SSSR count). The van der Waals surface area contributed by atoms with Crippen LogP contribution in [0.25, 0.3) is 0 Å². The van der Waals surface area contributed by atoms with Crippen molar-refractivity contribution < 1.29 is 18.3 Å². The predicted octanol–water partition coefficient (Wildman–Crippen LogP) is -0.252. The van der Waals surface area contributed by atoms with Crippen LogP contribution >= 0.6 is 0 Å². The average molecular weight is 275 g/mol. The van der Waals surface area contributed by atoms with E-state index in [0.29, 0.717) is 13.0 Å². The largest absolute Gasteiger partial charge is 0.392 e. The molecule has 0 bridgehead atoms. The fraction of sp³-hybridized carbons (Fsp3) is 0.700. The Morgan fingerprint density at radius 1 is 1.72 bits per heavy atom. The molecule has 1 aliphatic rings. The third-order valence-electron chi connectivity index (χ3n) is 3.37. The molecular formula is C10H17N3O4S. The molecular weight excluding hydrogens is 258 g/mol. The number of ether oxygens (including phenoxy) is 1. The van der Waals surface area contributed by atoms with E-state index in [1.165, 1.54) is 6.20 Å². The zero-order valence-electron chi connectivity index (χ0n) is 10.3. The molecule has 1 fully saturated rings. The van der Waals surface area contributed by atoms with E-state index in [4.69, 9.17) is 9.84 Å². The second-order valence-electron chi connectivity index (χ2n) is 4.67. The van der Waals surface area contributed by atoms with Crippen molar-refractivity contribution in [3.05, 3.63) is 11.8 Å². The van der Waals surface area contributed by atoms with Crippen molar-refractivity contribution >= 4 is 10.0 Å². The van der Waals surface area contributed by atoms with Crippen molar-refractivity contribution in [2.45, 2.75) is 43.5 Å². The zero-order chi connectivity index (χ0) is 13.4. The first-order chi connectivity index (χ1) is 8.39. The summed E-state index contributed by atoms with van der Waals surface area (Å²) in [5.41, 5.74) is -0.394. The number of aromatic amines is 1. The van der Waals surface area contributed by atoms with Gasteiger partial charge in [-0.15, -0.1) is 0 Å². The van der Waals surface area contributed by atoms with Gasteiger partial charge < -0.3 is 9.84 Å². The number of nitrogens with one attached hydrogen (secondary N) is 2. The Labute approximate surface area is 106 Å². The lowest BCUT2D eigenvalue weighted by Crippen LogP contribution is -2.50. The van der Waals surface area contributed by atoms with E-state index in [1.807, 2.05) is 6.92 Å². The molecule has 18 heavy (non-hydrogen) atoms. The van der Waals surface area contributed by atoms with Crippen molar-refractivity contribution in [3.63, 3.8) is 0 Å². The molecule has 2 heterocycles. The number of H-pyrrole nitrogens is 1. The molecule has 8 heteroatoms. The first kappa shape index (κ1) is 13.5. The van der Waals surface area contributed by atoms with E-state index >= 15 is 0 Å². The lowest BCUT2D eigenvalue weighted by Gasteiger charge is -2.28. The molecule has 1 aliphatic heterocycles. The Morgan fingerprint density at radius 2 is 2.44 bits per heavy atom.